The Morgan fingerprint density at radius 2 is 1.91 bits per heavy atom. The van der Waals surface area contributed by atoms with E-state index in [1.54, 1.807) is 0 Å². The fraction of sp³-hybridized carbons (Fsp3) is 0.400. The Hall–Kier alpha value is -2.00. The Morgan fingerprint density at radius 1 is 1.13 bits per heavy atom. The van der Waals surface area contributed by atoms with Crippen LogP contribution >= 0.6 is 0 Å². The zero-order valence-corrected chi connectivity index (χ0v) is 14.1. The topological polar surface area (TPSA) is 15.7 Å². The van der Waals surface area contributed by atoms with Crippen molar-refractivity contribution in [1.29, 1.82) is 0 Å². The summed E-state index contributed by atoms with van der Waals surface area (Å²) in [5.41, 5.74) is 4.18. The summed E-state index contributed by atoms with van der Waals surface area (Å²) in [5.74, 6) is 0.970. The van der Waals surface area contributed by atoms with Crippen LogP contribution in [0.25, 0.3) is 0 Å². The van der Waals surface area contributed by atoms with E-state index >= 15 is 0 Å². The van der Waals surface area contributed by atoms with Crippen LogP contribution in [0.4, 0.5) is 5.69 Å². The van der Waals surface area contributed by atoms with Gasteiger partial charge in [-0.25, -0.2) is 0 Å². The molecule has 3 heteroatoms. The number of rotatable bonds is 3. The van der Waals surface area contributed by atoms with E-state index in [0.29, 0.717) is 12.8 Å². The number of anilines is 1. The molecule has 1 saturated heterocycles. The Balaban J connectivity index is 1.61. The summed E-state index contributed by atoms with van der Waals surface area (Å²) in [6, 6.07) is 16.9. The number of ether oxygens (including phenoxy) is 1. The van der Waals surface area contributed by atoms with Crippen LogP contribution in [0.5, 0.6) is 5.75 Å². The smallest absolute Gasteiger partial charge is 0.120 e. The van der Waals surface area contributed by atoms with Crippen LogP contribution in [0, 0.1) is 0 Å². The SMILES string of the molecule is CN1CCC2(C)c3cc(OCc4ccccc4)ccc3N(C)C12. The summed E-state index contributed by atoms with van der Waals surface area (Å²) >= 11 is 0. The summed E-state index contributed by atoms with van der Waals surface area (Å²) < 4.78 is 6.04. The lowest BCUT2D eigenvalue weighted by molar-refractivity contribution is 0.267. The molecular weight excluding hydrogens is 284 g/mol. The highest BCUT2D eigenvalue weighted by Gasteiger charge is 2.52. The third-order valence-corrected chi connectivity index (χ3v) is 5.55. The van der Waals surface area contributed by atoms with Gasteiger partial charge < -0.3 is 9.64 Å². The molecule has 4 rings (SSSR count). The number of benzene rings is 2. The van der Waals surface area contributed by atoms with E-state index in [0.717, 1.165) is 12.3 Å². The van der Waals surface area contributed by atoms with Gasteiger partial charge in [0.1, 0.15) is 12.4 Å². The van der Waals surface area contributed by atoms with Gasteiger partial charge in [-0.1, -0.05) is 37.3 Å². The van der Waals surface area contributed by atoms with E-state index in [1.165, 1.54) is 23.2 Å². The molecule has 0 radical (unpaired) electrons. The van der Waals surface area contributed by atoms with Crippen molar-refractivity contribution < 1.29 is 4.74 Å². The first-order chi connectivity index (χ1) is 11.1. The summed E-state index contributed by atoms with van der Waals surface area (Å²) in [4.78, 5) is 4.88. The number of likely N-dealkylation sites (N-methyl/N-ethyl adjacent to an activating group) is 2. The maximum Gasteiger partial charge on any atom is 0.120 e. The molecule has 3 nitrogen and oxygen atoms in total. The largest absolute Gasteiger partial charge is 0.489 e. The van der Waals surface area contributed by atoms with Crippen molar-refractivity contribution in [3.63, 3.8) is 0 Å². The second-order valence-electron chi connectivity index (χ2n) is 7.09. The third kappa shape index (κ3) is 2.22. The monoisotopic (exact) mass is 308 g/mol. The predicted molar refractivity (Wildman–Crippen MR) is 94.0 cm³/mol. The molecule has 1 fully saturated rings. The normalized spacial score (nSPS) is 26.2. The van der Waals surface area contributed by atoms with E-state index in [1.807, 2.05) is 6.07 Å². The summed E-state index contributed by atoms with van der Waals surface area (Å²) in [5, 5.41) is 0. The van der Waals surface area contributed by atoms with Gasteiger partial charge in [-0.3, -0.25) is 4.90 Å². The zero-order valence-electron chi connectivity index (χ0n) is 14.1. The third-order valence-electron chi connectivity index (χ3n) is 5.55. The minimum Gasteiger partial charge on any atom is -0.489 e. The lowest BCUT2D eigenvalue weighted by Gasteiger charge is -2.32. The van der Waals surface area contributed by atoms with Crippen LogP contribution in [-0.4, -0.2) is 31.7 Å². The lowest BCUT2D eigenvalue weighted by Crippen LogP contribution is -2.45. The lowest BCUT2D eigenvalue weighted by atomic mass is 9.81. The van der Waals surface area contributed by atoms with Crippen molar-refractivity contribution in [1.82, 2.24) is 4.90 Å². The van der Waals surface area contributed by atoms with Crippen LogP contribution in [0.1, 0.15) is 24.5 Å². The van der Waals surface area contributed by atoms with Crippen LogP contribution in [0.15, 0.2) is 48.5 Å². The molecule has 0 aliphatic carbocycles. The number of hydrogen-bond donors (Lipinski definition) is 0. The average Bonchev–Trinajstić information content (AvgIpc) is 3.00. The van der Waals surface area contributed by atoms with Gasteiger partial charge in [0.2, 0.25) is 0 Å². The maximum atomic E-state index is 6.04. The molecule has 23 heavy (non-hydrogen) atoms. The molecule has 0 bridgehead atoms. The van der Waals surface area contributed by atoms with E-state index in [4.69, 9.17) is 4.74 Å². The van der Waals surface area contributed by atoms with E-state index in [9.17, 15) is 0 Å². The van der Waals surface area contributed by atoms with Crippen molar-refractivity contribution in [2.24, 2.45) is 0 Å². The molecule has 2 heterocycles. The first-order valence-corrected chi connectivity index (χ1v) is 8.34. The second-order valence-corrected chi connectivity index (χ2v) is 7.09. The van der Waals surface area contributed by atoms with Crippen LogP contribution in [0.3, 0.4) is 0 Å². The van der Waals surface area contributed by atoms with Crippen LogP contribution in [0.2, 0.25) is 0 Å². The quantitative estimate of drug-likeness (QED) is 0.861. The fourth-order valence-electron chi connectivity index (χ4n) is 4.39. The molecule has 0 saturated carbocycles. The highest BCUT2D eigenvalue weighted by atomic mass is 16.5. The van der Waals surface area contributed by atoms with E-state index < -0.39 is 0 Å². The van der Waals surface area contributed by atoms with Crippen molar-refractivity contribution in [2.75, 3.05) is 25.5 Å². The molecule has 0 amide bonds. The number of hydrogen-bond acceptors (Lipinski definition) is 3. The molecule has 2 aromatic rings. The first-order valence-electron chi connectivity index (χ1n) is 8.34. The van der Waals surface area contributed by atoms with E-state index in [-0.39, 0.29) is 5.41 Å². The Kier molecular flexibility index (Phi) is 3.34. The zero-order chi connectivity index (χ0) is 16.0. The molecule has 0 spiro atoms. The van der Waals surface area contributed by atoms with Crippen LogP contribution < -0.4 is 9.64 Å². The minimum atomic E-state index is 0.199. The molecule has 2 atom stereocenters. The van der Waals surface area contributed by atoms with Gasteiger partial charge in [0.15, 0.2) is 0 Å². The van der Waals surface area contributed by atoms with Crippen molar-refractivity contribution in [3.05, 3.63) is 59.7 Å². The molecule has 120 valence electrons. The number of likely N-dealkylation sites (tertiary alicyclic amines) is 1. The van der Waals surface area contributed by atoms with Crippen molar-refractivity contribution in [3.8, 4) is 5.75 Å². The van der Waals surface area contributed by atoms with Crippen LogP contribution in [-0.2, 0) is 12.0 Å². The van der Waals surface area contributed by atoms with Crippen molar-refractivity contribution >= 4 is 5.69 Å². The Labute approximate surface area is 138 Å². The molecular formula is C20H24N2O. The second kappa shape index (κ2) is 5.27. The fourth-order valence-corrected chi connectivity index (χ4v) is 4.39. The van der Waals surface area contributed by atoms with Crippen molar-refractivity contribution in [2.45, 2.75) is 31.5 Å². The highest BCUT2D eigenvalue weighted by Crippen LogP contribution is 2.51. The van der Waals surface area contributed by atoms with Gasteiger partial charge >= 0.3 is 0 Å². The molecule has 2 aliphatic heterocycles. The molecule has 0 aromatic heterocycles. The Bertz CT molecular complexity index is 715. The van der Waals surface area contributed by atoms with Gasteiger partial charge in [0.05, 0.1) is 6.17 Å². The number of nitrogens with zero attached hydrogens (tertiary/aromatic N) is 2. The van der Waals surface area contributed by atoms with Gasteiger partial charge in [-0.15, -0.1) is 0 Å². The standard InChI is InChI=1S/C20H24N2O/c1-20-11-12-21(2)19(20)22(3)18-10-9-16(13-17(18)20)23-14-15-7-5-4-6-8-15/h4-10,13,19H,11-12,14H2,1-3H3. The summed E-state index contributed by atoms with van der Waals surface area (Å²) in [7, 11) is 4.44. The average molecular weight is 308 g/mol. The molecule has 0 N–H and O–H groups in total. The highest BCUT2D eigenvalue weighted by molar-refractivity contribution is 5.66. The van der Waals surface area contributed by atoms with Gasteiger partial charge in [0, 0.05) is 24.7 Å². The van der Waals surface area contributed by atoms with E-state index in [2.05, 4.69) is 73.3 Å². The maximum absolute atomic E-state index is 6.04. The molecule has 2 aromatic carbocycles. The predicted octanol–water partition coefficient (Wildman–Crippen LogP) is 3.63. The Morgan fingerprint density at radius 3 is 2.70 bits per heavy atom. The van der Waals surface area contributed by atoms with Gasteiger partial charge in [-0.05, 0) is 42.8 Å². The van der Waals surface area contributed by atoms with Gasteiger partial charge in [-0.2, -0.15) is 0 Å². The minimum absolute atomic E-state index is 0.199. The molecule has 2 unspecified atom stereocenters. The summed E-state index contributed by atoms with van der Waals surface area (Å²) in [6.07, 6.45) is 1.66. The first kappa shape index (κ1) is 14.6. The van der Waals surface area contributed by atoms with Gasteiger partial charge in [0.25, 0.3) is 0 Å². The number of fused-ring (bicyclic) bond motifs is 3. The molecule has 2 aliphatic rings. The summed E-state index contributed by atoms with van der Waals surface area (Å²) in [6.45, 7) is 4.17.